The number of nitrogens with one attached hydrogen (secondary N) is 1. The zero-order chi connectivity index (χ0) is 52.3. The van der Waals surface area contributed by atoms with Crippen LogP contribution < -0.4 is 5.32 Å². The SMILES string of the molecule is COC(=O)CC[C@@H]1/C2=C(\C)C3=NC([C@H](CC(=O)OC)[C@@]3(C)CCC(=O)OC)[C@]3(C)N=C(/C(C)=C4\N/C(=C\C(=C2)C1(C)C)[C@@H](CCC(=O)OC)[C@]4(C)CC(=O)OC)[C@@H](CCC(=O)OC)[C@]3(C)CC(=O)OC. The van der Waals surface area contributed by atoms with Gasteiger partial charge in [0.1, 0.15) is 0 Å². The second-order valence-electron chi connectivity index (χ2n) is 20.9. The van der Waals surface area contributed by atoms with Gasteiger partial charge in [-0.05, 0) is 86.2 Å². The van der Waals surface area contributed by atoms with E-state index in [1.165, 1.54) is 49.8 Å². The molecule has 0 spiro atoms. The summed E-state index contributed by atoms with van der Waals surface area (Å²) in [5.41, 5.74) is 0.531. The van der Waals surface area contributed by atoms with Gasteiger partial charge in [0.2, 0.25) is 0 Å². The maximum atomic E-state index is 14.0. The van der Waals surface area contributed by atoms with Crippen LogP contribution in [0.3, 0.4) is 0 Å². The molecule has 9 atom stereocenters. The molecule has 1 fully saturated rings. The summed E-state index contributed by atoms with van der Waals surface area (Å²) < 4.78 is 36.9. The van der Waals surface area contributed by atoms with Crippen molar-refractivity contribution in [2.45, 2.75) is 138 Å². The van der Waals surface area contributed by atoms with Gasteiger partial charge in [0.15, 0.2) is 0 Å². The minimum Gasteiger partial charge on any atom is -0.469 e. The summed E-state index contributed by atoms with van der Waals surface area (Å²) in [5.74, 6) is -5.37. The van der Waals surface area contributed by atoms with E-state index in [-0.39, 0.29) is 76.1 Å². The van der Waals surface area contributed by atoms with Crippen LogP contribution in [0.5, 0.6) is 0 Å². The number of aliphatic imine (C=N–C) groups is 2. The number of ether oxygens (including phenoxy) is 7. The summed E-state index contributed by atoms with van der Waals surface area (Å²) in [6, 6.07) is -0.860. The van der Waals surface area contributed by atoms with Crippen LogP contribution in [-0.4, -0.2) is 115 Å². The second kappa shape index (κ2) is 21.4. The van der Waals surface area contributed by atoms with Crippen LogP contribution in [0.1, 0.15) is 126 Å². The monoisotopic (exact) mass is 978 g/mol. The average molecular weight is 978 g/mol. The van der Waals surface area contributed by atoms with Crippen LogP contribution in [0.25, 0.3) is 0 Å². The van der Waals surface area contributed by atoms with Crippen molar-refractivity contribution in [1.29, 1.82) is 0 Å². The molecule has 4 heterocycles. The summed E-state index contributed by atoms with van der Waals surface area (Å²) in [6.07, 6.45) is 4.92. The number of hydrogen-bond donors (Lipinski definition) is 1. The number of esters is 7. The predicted molar refractivity (Wildman–Crippen MR) is 259 cm³/mol. The standard InChI is InChI=1S/C53H75N3O14/c1-29-32-24-31(49(3,4)33(32)16-19-38(57)64-9)25-37-34(17-20-39(58)65-10)51(6,27-43(62)69-14)47(54-37)30(2)45-35(18-21-40(59)66-11)52(7,28-44(63)70-15)53(8,56-45)48-36(26-42(61)68-13)50(5,46(29)55-48)23-22-41(60)67-12/h24-25,33-36,48,54H,16-23,26-28H2,1-15H3/b32-29+,37-25-,47-30-/t33-,34-,35-,36+,48?,50-,51+,52+,53+/m1/s1. The van der Waals surface area contributed by atoms with Gasteiger partial charge in [-0.3, -0.25) is 43.5 Å². The van der Waals surface area contributed by atoms with Crippen molar-refractivity contribution in [3.63, 3.8) is 0 Å². The highest BCUT2D eigenvalue weighted by Gasteiger charge is 2.66. The van der Waals surface area contributed by atoms with Crippen LogP contribution in [0.4, 0.5) is 0 Å². The van der Waals surface area contributed by atoms with Crippen molar-refractivity contribution in [2.75, 3.05) is 49.8 Å². The first kappa shape index (κ1) is 55.3. The topological polar surface area (TPSA) is 221 Å². The molecular formula is C53H75N3O14. The number of hydrogen-bond acceptors (Lipinski definition) is 17. The molecule has 5 aliphatic rings. The lowest BCUT2D eigenvalue weighted by molar-refractivity contribution is -0.147. The largest absolute Gasteiger partial charge is 0.469 e. The van der Waals surface area contributed by atoms with Gasteiger partial charge in [-0.15, -0.1) is 0 Å². The van der Waals surface area contributed by atoms with Gasteiger partial charge >= 0.3 is 41.8 Å². The first-order valence-corrected chi connectivity index (χ1v) is 24.1. The maximum absolute atomic E-state index is 14.0. The van der Waals surface area contributed by atoms with Crippen molar-refractivity contribution >= 4 is 53.2 Å². The lowest BCUT2D eigenvalue weighted by Crippen LogP contribution is -2.55. The molecule has 5 rings (SSSR count). The molecular weight excluding hydrogens is 903 g/mol. The Bertz CT molecular complexity index is 2340. The molecule has 17 nitrogen and oxygen atoms in total. The molecule has 1 N–H and O–H groups in total. The quantitative estimate of drug-likeness (QED) is 0.107. The Balaban J connectivity index is 2.05. The van der Waals surface area contributed by atoms with E-state index in [0.717, 1.165) is 22.4 Å². The lowest BCUT2D eigenvalue weighted by atomic mass is 9.55. The van der Waals surface area contributed by atoms with E-state index in [4.69, 9.17) is 43.1 Å². The Labute approximate surface area is 412 Å². The van der Waals surface area contributed by atoms with Crippen LogP contribution in [0.15, 0.2) is 55.8 Å². The Morgan fingerprint density at radius 1 is 0.571 bits per heavy atom. The van der Waals surface area contributed by atoms with Crippen LogP contribution in [0, 0.1) is 45.3 Å². The van der Waals surface area contributed by atoms with Gasteiger partial charge in [0.05, 0.1) is 80.6 Å². The summed E-state index contributed by atoms with van der Waals surface area (Å²) >= 11 is 0. The Kier molecular flexibility index (Phi) is 16.9. The number of allylic oxidation sites excluding steroid dienone is 8. The average Bonchev–Trinajstić information content (AvgIpc) is 3.95. The van der Waals surface area contributed by atoms with E-state index in [1.807, 2.05) is 41.5 Å². The molecule has 4 aliphatic heterocycles. The maximum Gasteiger partial charge on any atom is 0.306 e. The fourth-order valence-corrected chi connectivity index (χ4v) is 12.6. The number of rotatable bonds is 18. The van der Waals surface area contributed by atoms with Gasteiger partial charge in [-0.2, -0.15) is 0 Å². The van der Waals surface area contributed by atoms with E-state index in [1.54, 1.807) is 0 Å². The molecule has 0 aromatic rings. The molecule has 0 aromatic carbocycles. The fourth-order valence-electron chi connectivity index (χ4n) is 12.6. The molecule has 1 unspecified atom stereocenters. The van der Waals surface area contributed by atoms with Crippen LogP contribution in [-0.2, 0) is 66.7 Å². The van der Waals surface area contributed by atoms with Gasteiger partial charge in [-0.25, -0.2) is 0 Å². The van der Waals surface area contributed by atoms with E-state index in [0.29, 0.717) is 29.1 Å². The van der Waals surface area contributed by atoms with Crippen molar-refractivity contribution in [3.8, 4) is 0 Å². The Morgan fingerprint density at radius 2 is 1.06 bits per heavy atom. The summed E-state index contributed by atoms with van der Waals surface area (Å²) in [7, 11) is 9.28. The molecule has 0 radical (unpaired) electrons. The summed E-state index contributed by atoms with van der Waals surface area (Å²) in [4.78, 5) is 105. The van der Waals surface area contributed by atoms with E-state index >= 15 is 0 Å². The summed E-state index contributed by atoms with van der Waals surface area (Å²) in [5, 5.41) is 3.77. The minimum atomic E-state index is -1.35. The first-order chi connectivity index (χ1) is 32.8. The normalized spacial score (nSPS) is 33.4. The van der Waals surface area contributed by atoms with Crippen molar-refractivity contribution in [3.05, 3.63) is 45.8 Å². The molecule has 17 heteroatoms. The lowest BCUT2D eigenvalue weighted by Gasteiger charge is -2.48. The third-order valence-electron chi connectivity index (χ3n) is 17.1. The summed E-state index contributed by atoms with van der Waals surface area (Å²) in [6.45, 7) is 16.0. The molecule has 386 valence electrons. The van der Waals surface area contributed by atoms with Gasteiger partial charge in [-0.1, -0.05) is 40.7 Å². The number of carbonyl (C=O) groups is 7. The van der Waals surface area contributed by atoms with Gasteiger partial charge in [0, 0.05) is 82.5 Å². The number of carbonyl (C=O) groups excluding carboxylic acids is 7. The van der Waals surface area contributed by atoms with Crippen molar-refractivity contribution in [2.24, 2.45) is 55.3 Å². The number of methoxy groups -OCH3 is 7. The molecule has 1 saturated heterocycles. The van der Waals surface area contributed by atoms with Crippen molar-refractivity contribution in [1.82, 2.24) is 5.32 Å². The predicted octanol–water partition coefficient (Wildman–Crippen LogP) is 7.07. The zero-order valence-electron chi connectivity index (χ0n) is 43.9. The molecule has 0 aromatic heterocycles. The first-order valence-electron chi connectivity index (χ1n) is 24.1. The molecule has 70 heavy (non-hydrogen) atoms. The van der Waals surface area contributed by atoms with Crippen LogP contribution in [0.2, 0.25) is 0 Å². The molecule has 0 amide bonds. The van der Waals surface area contributed by atoms with Gasteiger partial charge < -0.3 is 38.5 Å². The van der Waals surface area contributed by atoms with E-state index < -0.39 is 86.8 Å². The molecule has 0 saturated carbocycles. The number of fused-ring (bicyclic) bond motifs is 6. The zero-order valence-corrected chi connectivity index (χ0v) is 43.9. The molecule has 1 aliphatic carbocycles. The number of nitrogens with zero attached hydrogens (tertiary/aromatic N) is 2. The van der Waals surface area contributed by atoms with Crippen molar-refractivity contribution < 1.29 is 66.7 Å². The fraction of sp³-hybridized carbons (Fsp3) is 0.679. The minimum absolute atomic E-state index is 0.0154. The van der Waals surface area contributed by atoms with Gasteiger partial charge in [0.25, 0.3) is 0 Å². The highest BCUT2D eigenvalue weighted by atomic mass is 16.5. The third kappa shape index (κ3) is 9.99. The van der Waals surface area contributed by atoms with Crippen LogP contribution >= 0.6 is 0 Å². The second-order valence-corrected chi connectivity index (χ2v) is 20.9. The highest BCUT2D eigenvalue weighted by Crippen LogP contribution is 2.63. The Hall–Kier alpha value is -5.61. The third-order valence-corrected chi connectivity index (χ3v) is 17.1. The highest BCUT2D eigenvalue weighted by molar-refractivity contribution is 6.08. The smallest absolute Gasteiger partial charge is 0.306 e. The van der Waals surface area contributed by atoms with E-state index in [2.05, 4.69) is 31.3 Å². The Morgan fingerprint density at radius 3 is 1.59 bits per heavy atom. The van der Waals surface area contributed by atoms with E-state index in [9.17, 15) is 33.6 Å². The molecule has 8 bridgehead atoms.